The molecule has 3 aromatic heterocycles. The van der Waals surface area contributed by atoms with Crippen LogP contribution >= 0.6 is 23.1 Å². The fourth-order valence-corrected chi connectivity index (χ4v) is 6.01. The number of anilines is 1. The van der Waals surface area contributed by atoms with E-state index in [-0.39, 0.29) is 11.2 Å². The van der Waals surface area contributed by atoms with Gasteiger partial charge < -0.3 is 9.88 Å². The normalized spacial score (nSPS) is 14.3. The van der Waals surface area contributed by atoms with Crippen molar-refractivity contribution in [2.24, 2.45) is 0 Å². The van der Waals surface area contributed by atoms with E-state index >= 15 is 0 Å². The molecule has 3 aromatic rings. The predicted molar refractivity (Wildman–Crippen MR) is 128 cm³/mol. The first-order valence-corrected chi connectivity index (χ1v) is 12.7. The number of aromatic nitrogens is 4. The summed E-state index contributed by atoms with van der Waals surface area (Å²) >= 11 is 2.95. The molecule has 0 saturated carbocycles. The molecule has 32 heavy (non-hydrogen) atoms. The lowest BCUT2D eigenvalue weighted by Crippen LogP contribution is -2.23. The number of nitriles is 1. The van der Waals surface area contributed by atoms with Crippen LogP contribution in [0.2, 0.25) is 0 Å². The molecule has 9 heteroatoms. The minimum atomic E-state index is -0.381. The highest BCUT2D eigenvalue weighted by Crippen LogP contribution is 2.37. The van der Waals surface area contributed by atoms with E-state index in [0.717, 1.165) is 55.6 Å². The van der Waals surface area contributed by atoms with Gasteiger partial charge in [0, 0.05) is 29.4 Å². The Labute approximate surface area is 196 Å². The summed E-state index contributed by atoms with van der Waals surface area (Å²) in [6, 6.07) is 6.15. The molecule has 1 atom stereocenters. The van der Waals surface area contributed by atoms with Gasteiger partial charge in [0.25, 0.3) is 0 Å². The Morgan fingerprint density at radius 2 is 2.06 bits per heavy atom. The molecule has 1 aliphatic carbocycles. The summed E-state index contributed by atoms with van der Waals surface area (Å²) in [7, 11) is 0. The van der Waals surface area contributed by atoms with Crippen molar-refractivity contribution in [3.8, 4) is 17.5 Å². The number of thiophene rings is 1. The maximum absolute atomic E-state index is 13.0. The number of aryl methyl sites for hydroxylation is 1. The lowest BCUT2D eigenvalue weighted by atomic mass is 10.1. The zero-order chi connectivity index (χ0) is 22.5. The van der Waals surface area contributed by atoms with E-state index in [0.29, 0.717) is 15.7 Å². The second kappa shape index (κ2) is 10.3. The van der Waals surface area contributed by atoms with Gasteiger partial charge in [0.15, 0.2) is 11.0 Å². The first-order chi connectivity index (χ1) is 15.6. The van der Waals surface area contributed by atoms with E-state index in [1.165, 1.54) is 23.1 Å². The van der Waals surface area contributed by atoms with Crippen LogP contribution in [0.1, 0.15) is 55.5 Å². The third kappa shape index (κ3) is 4.71. The Hall–Kier alpha value is -2.70. The first-order valence-electron chi connectivity index (χ1n) is 11.0. The number of amides is 1. The zero-order valence-electron chi connectivity index (χ0n) is 18.3. The van der Waals surface area contributed by atoms with Gasteiger partial charge in [0.1, 0.15) is 11.1 Å². The molecule has 0 fully saturated rings. The average Bonchev–Trinajstić information content (AvgIpc) is 3.26. The quantitative estimate of drug-likeness (QED) is 0.386. The largest absolute Gasteiger partial charge is 0.316 e. The topological polar surface area (TPSA) is 96.5 Å². The molecule has 1 unspecified atom stereocenters. The van der Waals surface area contributed by atoms with Gasteiger partial charge in [-0.2, -0.15) is 5.26 Å². The first kappa shape index (κ1) is 22.5. The number of carbonyl (C=O) groups is 1. The summed E-state index contributed by atoms with van der Waals surface area (Å²) in [5, 5.41) is 22.5. The molecule has 4 rings (SSSR count). The van der Waals surface area contributed by atoms with Gasteiger partial charge in [-0.05, 0) is 56.7 Å². The van der Waals surface area contributed by atoms with Crippen LogP contribution in [0.5, 0.6) is 0 Å². The monoisotopic (exact) mass is 466 g/mol. The molecule has 0 aromatic carbocycles. The number of nitrogens with zero attached hydrogens (tertiary/aromatic N) is 5. The highest BCUT2D eigenvalue weighted by molar-refractivity contribution is 8.00. The van der Waals surface area contributed by atoms with E-state index in [2.05, 4.69) is 38.1 Å². The number of pyridine rings is 1. The van der Waals surface area contributed by atoms with E-state index in [4.69, 9.17) is 0 Å². The molecule has 1 amide bonds. The molecule has 3 heterocycles. The fourth-order valence-electron chi connectivity index (χ4n) is 3.89. The van der Waals surface area contributed by atoms with Crippen LogP contribution in [0, 0.1) is 11.3 Å². The molecule has 0 aliphatic heterocycles. The van der Waals surface area contributed by atoms with Crippen LogP contribution in [0.15, 0.2) is 29.7 Å². The molecule has 166 valence electrons. The number of carbonyl (C=O) groups excluding carboxylic acids is 1. The number of hydrogen-bond acceptors (Lipinski definition) is 7. The van der Waals surface area contributed by atoms with Crippen molar-refractivity contribution in [1.29, 1.82) is 5.26 Å². The Morgan fingerprint density at radius 1 is 1.28 bits per heavy atom. The molecule has 0 spiro atoms. The van der Waals surface area contributed by atoms with E-state index in [1.54, 1.807) is 23.7 Å². The zero-order valence-corrected chi connectivity index (χ0v) is 19.9. The SMILES string of the molecule is CCCn1c(SC(C)C(=O)Nc2sc3c(c2C#N)CCCCC3)nnc1-c1ccncc1. The van der Waals surface area contributed by atoms with Crippen molar-refractivity contribution in [3.63, 3.8) is 0 Å². The lowest BCUT2D eigenvalue weighted by molar-refractivity contribution is -0.115. The van der Waals surface area contributed by atoms with Crippen LogP contribution in [0.4, 0.5) is 5.00 Å². The minimum Gasteiger partial charge on any atom is -0.316 e. The van der Waals surface area contributed by atoms with Crippen molar-refractivity contribution < 1.29 is 4.79 Å². The van der Waals surface area contributed by atoms with Crippen molar-refractivity contribution in [2.45, 2.75) is 69.3 Å². The van der Waals surface area contributed by atoms with Gasteiger partial charge >= 0.3 is 0 Å². The van der Waals surface area contributed by atoms with Gasteiger partial charge in [0.2, 0.25) is 5.91 Å². The van der Waals surface area contributed by atoms with Gasteiger partial charge in [0.05, 0.1) is 10.8 Å². The third-order valence-electron chi connectivity index (χ3n) is 5.52. The maximum Gasteiger partial charge on any atom is 0.238 e. The van der Waals surface area contributed by atoms with Crippen LogP contribution in [-0.2, 0) is 24.2 Å². The van der Waals surface area contributed by atoms with Gasteiger partial charge in [-0.25, -0.2) is 0 Å². The maximum atomic E-state index is 13.0. The molecule has 7 nitrogen and oxygen atoms in total. The molecule has 0 saturated heterocycles. The smallest absolute Gasteiger partial charge is 0.238 e. The lowest BCUT2D eigenvalue weighted by Gasteiger charge is -2.13. The predicted octanol–water partition coefficient (Wildman–Crippen LogP) is 5.07. The number of fused-ring (bicyclic) bond motifs is 1. The second-order valence-electron chi connectivity index (χ2n) is 7.82. The summed E-state index contributed by atoms with van der Waals surface area (Å²) in [4.78, 5) is 18.3. The summed E-state index contributed by atoms with van der Waals surface area (Å²) in [5.41, 5.74) is 2.73. The average molecular weight is 467 g/mol. The number of thioether (sulfide) groups is 1. The van der Waals surface area contributed by atoms with E-state index in [1.807, 2.05) is 19.1 Å². The molecule has 0 radical (unpaired) electrons. The van der Waals surface area contributed by atoms with Crippen molar-refractivity contribution in [1.82, 2.24) is 19.7 Å². The van der Waals surface area contributed by atoms with Gasteiger partial charge in [-0.15, -0.1) is 21.5 Å². The molecular formula is C23H26N6OS2. The molecule has 1 N–H and O–H groups in total. The Kier molecular flexibility index (Phi) is 7.22. The summed E-state index contributed by atoms with van der Waals surface area (Å²) < 4.78 is 2.05. The highest BCUT2D eigenvalue weighted by atomic mass is 32.2. The van der Waals surface area contributed by atoms with Crippen LogP contribution < -0.4 is 5.32 Å². The summed E-state index contributed by atoms with van der Waals surface area (Å²) in [6.07, 6.45) is 9.75. The summed E-state index contributed by atoms with van der Waals surface area (Å²) in [5.74, 6) is 0.651. The highest BCUT2D eigenvalue weighted by Gasteiger charge is 2.25. The van der Waals surface area contributed by atoms with Gasteiger partial charge in [-0.1, -0.05) is 25.1 Å². The second-order valence-corrected chi connectivity index (χ2v) is 10.2. The Bertz CT molecular complexity index is 1130. The van der Waals surface area contributed by atoms with Crippen molar-refractivity contribution in [3.05, 3.63) is 40.5 Å². The third-order valence-corrected chi connectivity index (χ3v) is 7.81. The standard InChI is InChI=1S/C23H26N6OS2/c1-3-13-29-20(16-9-11-25-12-10-16)27-28-23(29)31-15(2)21(30)26-22-18(14-24)17-7-5-4-6-8-19(17)32-22/h9-12,15H,3-8,13H2,1-2H3,(H,26,30). The van der Waals surface area contributed by atoms with Crippen molar-refractivity contribution in [2.75, 3.05) is 5.32 Å². The summed E-state index contributed by atoms with van der Waals surface area (Å²) in [6.45, 7) is 4.73. The fraction of sp³-hybridized carbons (Fsp3) is 0.435. The van der Waals surface area contributed by atoms with Gasteiger partial charge in [-0.3, -0.25) is 9.78 Å². The number of rotatable bonds is 7. The molecule has 1 aliphatic rings. The van der Waals surface area contributed by atoms with Crippen molar-refractivity contribution >= 4 is 34.0 Å². The number of hydrogen-bond donors (Lipinski definition) is 1. The Morgan fingerprint density at radius 3 is 2.81 bits per heavy atom. The number of nitrogens with one attached hydrogen (secondary N) is 1. The molecule has 0 bridgehead atoms. The van der Waals surface area contributed by atoms with Crippen LogP contribution in [-0.4, -0.2) is 30.9 Å². The van der Waals surface area contributed by atoms with Crippen LogP contribution in [0.3, 0.4) is 0 Å². The van der Waals surface area contributed by atoms with E-state index in [9.17, 15) is 10.1 Å². The molecular weight excluding hydrogens is 440 g/mol. The van der Waals surface area contributed by atoms with E-state index < -0.39 is 0 Å². The van der Waals surface area contributed by atoms with Crippen LogP contribution in [0.25, 0.3) is 11.4 Å². The minimum absolute atomic E-state index is 0.126. The Balaban J connectivity index is 1.51.